The quantitative estimate of drug-likeness (QED) is 0.244. The highest BCUT2D eigenvalue weighted by Gasteiger charge is 2.33. The van der Waals surface area contributed by atoms with Gasteiger partial charge in [0.15, 0.2) is 5.65 Å². The minimum atomic E-state index is -4.58. The Morgan fingerprint density at radius 3 is 2.42 bits per heavy atom. The van der Waals surface area contributed by atoms with Crippen molar-refractivity contribution in [2.45, 2.75) is 12.7 Å². The van der Waals surface area contributed by atoms with Crippen LogP contribution in [-0.4, -0.2) is 25.7 Å². The first-order valence-corrected chi connectivity index (χ1v) is 12.0. The summed E-state index contributed by atoms with van der Waals surface area (Å²) in [5.41, 5.74) is 6.64. The highest BCUT2D eigenvalue weighted by atomic mass is 79.9. The maximum Gasteiger partial charge on any atom is 0.417 e. The van der Waals surface area contributed by atoms with Crippen molar-refractivity contribution >= 4 is 44.4 Å². The molecule has 0 aliphatic rings. The van der Waals surface area contributed by atoms with Crippen LogP contribution in [0.4, 0.5) is 24.7 Å². The van der Waals surface area contributed by atoms with Crippen molar-refractivity contribution in [3.8, 4) is 22.8 Å². The van der Waals surface area contributed by atoms with E-state index in [4.69, 9.17) is 10.5 Å². The van der Waals surface area contributed by atoms with E-state index >= 15 is 0 Å². The van der Waals surface area contributed by atoms with E-state index < -0.39 is 17.6 Å². The summed E-state index contributed by atoms with van der Waals surface area (Å²) in [7, 11) is 0. The standard InChI is InChI=1S/C26H18BrF3N6O2/c27-20-11-8-16(12-19(20)26(28,29)30)34-21(37)13-36-25-22(24(31)32-14-33-25)23(35-36)15-6-9-18(10-7-15)38-17-4-2-1-3-5-17/h1-12,14H,13H2,(H,34,37)(H2,31,32,33). The molecular formula is C26H18BrF3N6O2. The zero-order chi connectivity index (χ0) is 26.9. The van der Waals surface area contributed by atoms with Crippen LogP contribution in [0.2, 0.25) is 0 Å². The van der Waals surface area contributed by atoms with Gasteiger partial charge in [-0.2, -0.15) is 18.3 Å². The molecule has 2 aromatic heterocycles. The number of amides is 1. The molecule has 0 fully saturated rings. The van der Waals surface area contributed by atoms with E-state index in [9.17, 15) is 18.0 Å². The molecule has 8 nitrogen and oxygen atoms in total. The number of hydrogen-bond acceptors (Lipinski definition) is 6. The molecule has 0 spiro atoms. The van der Waals surface area contributed by atoms with Gasteiger partial charge in [-0.3, -0.25) is 4.79 Å². The Morgan fingerprint density at radius 2 is 1.71 bits per heavy atom. The number of halogens is 4. The average Bonchev–Trinajstić information content (AvgIpc) is 3.25. The molecule has 192 valence electrons. The van der Waals surface area contributed by atoms with Gasteiger partial charge < -0.3 is 15.8 Å². The second-order valence-corrected chi connectivity index (χ2v) is 9.00. The zero-order valence-electron chi connectivity index (χ0n) is 19.4. The van der Waals surface area contributed by atoms with Crippen LogP contribution in [0.5, 0.6) is 11.5 Å². The van der Waals surface area contributed by atoms with E-state index in [1.807, 2.05) is 30.3 Å². The Kier molecular flexibility index (Phi) is 6.72. The summed E-state index contributed by atoms with van der Waals surface area (Å²) < 4.78 is 46.7. The summed E-state index contributed by atoms with van der Waals surface area (Å²) in [5.74, 6) is 0.871. The van der Waals surface area contributed by atoms with Crippen LogP contribution in [0, 0.1) is 0 Å². The average molecular weight is 583 g/mol. The maximum atomic E-state index is 13.2. The number of nitrogens with one attached hydrogen (secondary N) is 1. The number of nitrogens with zero attached hydrogens (tertiary/aromatic N) is 4. The number of carbonyl (C=O) groups excluding carboxylic acids is 1. The van der Waals surface area contributed by atoms with E-state index in [0.29, 0.717) is 33.8 Å². The lowest BCUT2D eigenvalue weighted by atomic mass is 10.1. The minimum absolute atomic E-state index is 0.00893. The fourth-order valence-corrected chi connectivity index (χ4v) is 4.28. The van der Waals surface area contributed by atoms with Gasteiger partial charge in [0.05, 0.1) is 10.9 Å². The Balaban J connectivity index is 1.41. The van der Waals surface area contributed by atoms with Crippen molar-refractivity contribution in [3.63, 3.8) is 0 Å². The van der Waals surface area contributed by atoms with E-state index in [1.54, 1.807) is 24.3 Å². The van der Waals surface area contributed by atoms with Crippen molar-refractivity contribution in [1.82, 2.24) is 19.7 Å². The largest absolute Gasteiger partial charge is 0.457 e. The molecule has 1 amide bonds. The molecule has 0 bridgehead atoms. The Labute approximate surface area is 222 Å². The summed E-state index contributed by atoms with van der Waals surface area (Å²) in [6.45, 7) is -0.320. The Morgan fingerprint density at radius 1 is 1.00 bits per heavy atom. The zero-order valence-corrected chi connectivity index (χ0v) is 21.0. The highest BCUT2D eigenvalue weighted by molar-refractivity contribution is 9.10. The van der Waals surface area contributed by atoms with Crippen LogP contribution >= 0.6 is 15.9 Å². The number of nitrogens with two attached hydrogens (primary N) is 1. The fourth-order valence-electron chi connectivity index (χ4n) is 3.80. The van der Waals surface area contributed by atoms with Crippen LogP contribution in [0.15, 0.2) is 83.6 Å². The molecule has 0 aliphatic carbocycles. The molecule has 0 radical (unpaired) electrons. The van der Waals surface area contributed by atoms with Gasteiger partial charge in [0, 0.05) is 15.7 Å². The molecule has 0 atom stereocenters. The van der Waals surface area contributed by atoms with Crippen LogP contribution in [-0.2, 0) is 17.5 Å². The molecule has 3 aromatic carbocycles. The first-order valence-electron chi connectivity index (χ1n) is 11.2. The molecule has 0 aliphatic heterocycles. The molecule has 5 aromatic rings. The molecule has 0 unspecified atom stereocenters. The molecule has 2 heterocycles. The van der Waals surface area contributed by atoms with Crippen LogP contribution < -0.4 is 15.8 Å². The van der Waals surface area contributed by atoms with E-state index in [2.05, 4.69) is 36.3 Å². The third-order valence-corrected chi connectivity index (χ3v) is 6.21. The van der Waals surface area contributed by atoms with Crippen LogP contribution in [0.25, 0.3) is 22.3 Å². The summed E-state index contributed by atoms with van der Waals surface area (Å²) in [4.78, 5) is 21.0. The molecular weight excluding hydrogens is 565 g/mol. The van der Waals surface area contributed by atoms with Crippen molar-refractivity contribution in [2.75, 3.05) is 11.1 Å². The van der Waals surface area contributed by atoms with Crippen molar-refractivity contribution in [3.05, 3.63) is 89.2 Å². The number of hydrogen-bond donors (Lipinski definition) is 2. The number of rotatable bonds is 6. The lowest BCUT2D eigenvalue weighted by Gasteiger charge is -2.12. The molecule has 0 saturated carbocycles. The van der Waals surface area contributed by atoms with Crippen molar-refractivity contribution in [1.29, 1.82) is 0 Å². The molecule has 3 N–H and O–H groups in total. The monoisotopic (exact) mass is 582 g/mol. The predicted molar refractivity (Wildman–Crippen MR) is 139 cm³/mol. The van der Waals surface area contributed by atoms with Gasteiger partial charge in [-0.15, -0.1) is 0 Å². The Hall–Kier alpha value is -4.45. The maximum absolute atomic E-state index is 13.2. The number of alkyl halides is 3. The van der Waals surface area contributed by atoms with E-state index in [1.165, 1.54) is 23.1 Å². The molecule has 38 heavy (non-hydrogen) atoms. The lowest BCUT2D eigenvalue weighted by molar-refractivity contribution is -0.138. The number of ether oxygens (including phenoxy) is 1. The second-order valence-electron chi connectivity index (χ2n) is 8.14. The van der Waals surface area contributed by atoms with Crippen molar-refractivity contribution in [2.24, 2.45) is 0 Å². The number of para-hydroxylation sites is 1. The normalized spacial score (nSPS) is 11.5. The highest BCUT2D eigenvalue weighted by Crippen LogP contribution is 2.36. The first kappa shape index (κ1) is 25.2. The summed E-state index contributed by atoms with van der Waals surface area (Å²) in [6, 6.07) is 19.9. The summed E-state index contributed by atoms with van der Waals surface area (Å²) >= 11 is 2.89. The van der Waals surface area contributed by atoms with Gasteiger partial charge in [0.25, 0.3) is 0 Å². The van der Waals surface area contributed by atoms with Crippen LogP contribution in [0.1, 0.15) is 5.56 Å². The fraction of sp³-hybridized carbons (Fsp3) is 0.0769. The minimum Gasteiger partial charge on any atom is -0.457 e. The van der Waals surface area contributed by atoms with Gasteiger partial charge >= 0.3 is 6.18 Å². The van der Waals surface area contributed by atoms with Gasteiger partial charge in [-0.1, -0.05) is 34.1 Å². The van der Waals surface area contributed by atoms with E-state index in [-0.39, 0.29) is 22.5 Å². The first-order chi connectivity index (χ1) is 18.2. The van der Waals surface area contributed by atoms with Gasteiger partial charge in [-0.25, -0.2) is 14.6 Å². The molecule has 5 rings (SSSR count). The van der Waals surface area contributed by atoms with E-state index in [0.717, 1.165) is 6.07 Å². The third-order valence-electron chi connectivity index (χ3n) is 5.51. The Bertz CT molecular complexity index is 1620. The summed E-state index contributed by atoms with van der Waals surface area (Å²) in [5, 5.41) is 7.45. The smallest absolute Gasteiger partial charge is 0.417 e. The van der Waals surface area contributed by atoms with Crippen molar-refractivity contribution < 1.29 is 22.7 Å². The molecule has 12 heteroatoms. The number of carbonyl (C=O) groups is 1. The number of fused-ring (bicyclic) bond motifs is 1. The topological polar surface area (TPSA) is 108 Å². The number of aromatic nitrogens is 4. The van der Waals surface area contributed by atoms with Crippen LogP contribution in [0.3, 0.4) is 0 Å². The SMILES string of the molecule is Nc1ncnc2c1c(-c1ccc(Oc3ccccc3)cc1)nn2CC(=O)Nc1ccc(Br)c(C(F)(F)F)c1. The number of anilines is 2. The lowest BCUT2D eigenvalue weighted by Crippen LogP contribution is -2.20. The summed E-state index contributed by atoms with van der Waals surface area (Å²) in [6.07, 6.45) is -3.33. The third kappa shape index (κ3) is 5.30. The number of benzene rings is 3. The number of nitrogen functional groups attached to an aromatic ring is 1. The van der Waals surface area contributed by atoms with Gasteiger partial charge in [0.1, 0.15) is 35.9 Å². The predicted octanol–water partition coefficient (Wildman–Crippen LogP) is 6.29. The molecule has 0 saturated heterocycles. The van der Waals surface area contributed by atoms with Gasteiger partial charge in [0.2, 0.25) is 5.91 Å². The van der Waals surface area contributed by atoms with Gasteiger partial charge in [-0.05, 0) is 54.6 Å². The second kappa shape index (κ2) is 10.1.